The smallest absolute Gasteiger partial charge is 0.403 e. The zero-order valence-corrected chi connectivity index (χ0v) is 23.3. The third-order valence-corrected chi connectivity index (χ3v) is 8.78. The van der Waals surface area contributed by atoms with Crippen molar-refractivity contribution in [2.24, 2.45) is 0 Å². The van der Waals surface area contributed by atoms with E-state index in [1.54, 1.807) is 0 Å². The van der Waals surface area contributed by atoms with Gasteiger partial charge in [0.15, 0.2) is 0 Å². The van der Waals surface area contributed by atoms with Crippen molar-refractivity contribution in [2.75, 3.05) is 0 Å². The van der Waals surface area contributed by atoms with Crippen molar-refractivity contribution in [1.29, 1.82) is 0 Å². The molecule has 0 amide bonds. The largest absolute Gasteiger partial charge is 0.462 e. The molecule has 4 nitrogen and oxygen atoms in total. The van der Waals surface area contributed by atoms with Gasteiger partial charge in [0.05, 0.1) is 22.4 Å². The molecule has 192 valence electrons. The molecule has 0 bridgehead atoms. The average molecular weight is 488 g/mol. The predicted octanol–water partition coefficient (Wildman–Crippen LogP) is 7.19. The molecule has 4 rings (SSSR count). The summed E-state index contributed by atoms with van der Waals surface area (Å²) < 4.78 is 27.0. The SMILES string of the molecule is CC1(C)OB(C(C/C=C/c2ccccc2)(CCc2ccccc2)B2OC(C)(C)C(C)(C)O2)OC1(C)C. The van der Waals surface area contributed by atoms with Crippen LogP contribution in [0.15, 0.2) is 66.7 Å². The highest BCUT2D eigenvalue weighted by Gasteiger charge is 2.68. The van der Waals surface area contributed by atoms with Gasteiger partial charge in [-0.15, -0.1) is 0 Å². The fourth-order valence-electron chi connectivity index (χ4n) is 4.80. The van der Waals surface area contributed by atoms with Crippen LogP contribution in [-0.4, -0.2) is 36.6 Å². The van der Waals surface area contributed by atoms with Crippen LogP contribution in [0.2, 0.25) is 5.21 Å². The van der Waals surface area contributed by atoms with E-state index in [0.29, 0.717) is 6.42 Å². The Labute approximate surface area is 219 Å². The summed E-state index contributed by atoms with van der Waals surface area (Å²) in [5, 5.41) is -0.558. The maximum Gasteiger partial charge on any atom is 0.462 e. The first-order valence-corrected chi connectivity index (χ1v) is 13.2. The van der Waals surface area contributed by atoms with Gasteiger partial charge in [-0.05, 0) is 85.8 Å². The lowest BCUT2D eigenvalue weighted by molar-refractivity contribution is 0.00578. The van der Waals surface area contributed by atoms with Crippen molar-refractivity contribution in [3.8, 4) is 0 Å². The maximum atomic E-state index is 6.75. The quantitative estimate of drug-likeness (QED) is 0.369. The number of hydrogen-bond acceptors (Lipinski definition) is 4. The highest BCUT2D eigenvalue weighted by molar-refractivity contribution is 6.71. The van der Waals surface area contributed by atoms with Gasteiger partial charge in [-0.3, -0.25) is 0 Å². The number of benzene rings is 2. The van der Waals surface area contributed by atoms with Gasteiger partial charge in [-0.1, -0.05) is 72.8 Å². The first kappa shape index (κ1) is 27.2. The lowest BCUT2D eigenvalue weighted by Gasteiger charge is -2.36. The number of hydrogen-bond donors (Lipinski definition) is 0. The molecule has 2 saturated heterocycles. The van der Waals surface area contributed by atoms with Crippen molar-refractivity contribution in [2.45, 2.75) is 102 Å². The van der Waals surface area contributed by atoms with E-state index in [4.69, 9.17) is 18.6 Å². The Hall–Kier alpha value is -1.85. The van der Waals surface area contributed by atoms with E-state index < -0.39 is 41.9 Å². The van der Waals surface area contributed by atoms with Crippen LogP contribution < -0.4 is 0 Å². The van der Waals surface area contributed by atoms with Gasteiger partial charge in [0, 0.05) is 5.21 Å². The second-order valence-electron chi connectivity index (χ2n) is 12.4. The van der Waals surface area contributed by atoms with Crippen LogP contribution in [0.25, 0.3) is 6.08 Å². The molecule has 0 unspecified atom stereocenters. The molecular weight excluding hydrogens is 446 g/mol. The maximum absolute atomic E-state index is 6.75. The summed E-state index contributed by atoms with van der Waals surface area (Å²) in [6.07, 6.45) is 6.77. The monoisotopic (exact) mass is 488 g/mol. The Balaban J connectivity index is 1.76. The Kier molecular flexibility index (Phi) is 7.40. The topological polar surface area (TPSA) is 36.9 Å². The lowest BCUT2D eigenvalue weighted by Crippen LogP contribution is -2.49. The van der Waals surface area contributed by atoms with Crippen molar-refractivity contribution in [3.63, 3.8) is 0 Å². The molecule has 2 aliphatic heterocycles. The minimum atomic E-state index is -0.558. The third-order valence-electron chi connectivity index (χ3n) is 8.78. The Morgan fingerprint density at radius 3 is 1.50 bits per heavy atom. The molecule has 6 heteroatoms. The van der Waals surface area contributed by atoms with Crippen LogP contribution in [0.1, 0.15) is 79.4 Å². The second-order valence-corrected chi connectivity index (χ2v) is 12.4. The summed E-state index contributed by atoms with van der Waals surface area (Å²) in [5.74, 6) is 0. The number of rotatable bonds is 8. The van der Waals surface area contributed by atoms with Crippen LogP contribution >= 0.6 is 0 Å². The van der Waals surface area contributed by atoms with Crippen LogP contribution in [0.5, 0.6) is 0 Å². The van der Waals surface area contributed by atoms with Gasteiger partial charge in [0.25, 0.3) is 0 Å². The van der Waals surface area contributed by atoms with E-state index in [-0.39, 0.29) is 0 Å². The first-order valence-electron chi connectivity index (χ1n) is 13.2. The molecule has 0 spiro atoms. The Morgan fingerprint density at radius 2 is 1.06 bits per heavy atom. The lowest BCUT2D eigenvalue weighted by atomic mass is 9.36. The molecule has 0 saturated carbocycles. The van der Waals surface area contributed by atoms with Crippen LogP contribution in [0, 0.1) is 0 Å². The Morgan fingerprint density at radius 1 is 0.639 bits per heavy atom. The molecule has 0 N–H and O–H groups in total. The standard InChI is InChI=1S/C30H42B2O4/c1-26(2)27(3,4)34-31(33-26)30(23-21-25-18-13-10-14-19-25,22-15-20-24-16-11-9-12-17-24)32-35-28(5,6)29(7,8)36-32/h9-20H,21-23H2,1-8H3/b20-15+. The minimum Gasteiger partial charge on any atom is -0.403 e. The first-order chi connectivity index (χ1) is 16.8. The highest BCUT2D eigenvalue weighted by Crippen LogP contribution is 2.55. The second kappa shape index (κ2) is 9.79. The third kappa shape index (κ3) is 5.24. The van der Waals surface area contributed by atoms with Gasteiger partial charge in [-0.25, -0.2) is 0 Å². The molecule has 0 atom stereocenters. The van der Waals surface area contributed by atoms with Crippen LogP contribution in [0.3, 0.4) is 0 Å². The zero-order chi connectivity index (χ0) is 26.2. The van der Waals surface area contributed by atoms with Gasteiger partial charge in [-0.2, -0.15) is 0 Å². The van der Waals surface area contributed by atoms with Crippen molar-refractivity contribution in [1.82, 2.24) is 0 Å². The molecule has 2 fully saturated rings. The number of aryl methyl sites for hydroxylation is 1. The summed E-state index contributed by atoms with van der Waals surface area (Å²) in [6.45, 7) is 16.9. The molecule has 2 aliphatic rings. The summed E-state index contributed by atoms with van der Waals surface area (Å²) in [7, 11) is -0.970. The predicted molar refractivity (Wildman–Crippen MR) is 150 cm³/mol. The normalized spacial score (nSPS) is 22.4. The highest BCUT2D eigenvalue weighted by atomic mass is 16.7. The number of allylic oxidation sites excluding steroid dienone is 1. The van der Waals surface area contributed by atoms with E-state index in [2.05, 4.69) is 122 Å². The van der Waals surface area contributed by atoms with Crippen molar-refractivity contribution in [3.05, 3.63) is 77.9 Å². The molecule has 2 heterocycles. The molecule has 36 heavy (non-hydrogen) atoms. The Bertz CT molecular complexity index is 979. The summed E-state index contributed by atoms with van der Waals surface area (Å²) in [4.78, 5) is 0. The minimum absolute atomic E-state index is 0.456. The molecule has 0 aromatic heterocycles. The summed E-state index contributed by atoms with van der Waals surface area (Å²) in [5.41, 5.74) is 0.620. The van der Waals surface area contributed by atoms with Gasteiger partial charge < -0.3 is 18.6 Å². The van der Waals surface area contributed by atoms with E-state index >= 15 is 0 Å². The van der Waals surface area contributed by atoms with E-state index in [1.807, 2.05) is 6.07 Å². The molecule has 0 aliphatic carbocycles. The summed E-state index contributed by atoms with van der Waals surface area (Å²) >= 11 is 0. The molecular formula is C30H42B2O4. The molecule has 2 aromatic carbocycles. The van der Waals surface area contributed by atoms with Gasteiger partial charge in [0.2, 0.25) is 0 Å². The molecule has 2 aromatic rings. The fraction of sp³-hybridized carbons (Fsp3) is 0.533. The van der Waals surface area contributed by atoms with E-state index in [1.165, 1.54) is 5.56 Å². The van der Waals surface area contributed by atoms with Crippen LogP contribution in [-0.2, 0) is 25.0 Å². The van der Waals surface area contributed by atoms with Crippen molar-refractivity contribution >= 4 is 20.3 Å². The van der Waals surface area contributed by atoms with Gasteiger partial charge >= 0.3 is 14.2 Å². The molecule has 0 radical (unpaired) electrons. The van der Waals surface area contributed by atoms with E-state index in [0.717, 1.165) is 18.4 Å². The van der Waals surface area contributed by atoms with Crippen molar-refractivity contribution < 1.29 is 18.6 Å². The average Bonchev–Trinajstić information content (AvgIpc) is 3.17. The zero-order valence-electron chi connectivity index (χ0n) is 23.3. The summed E-state index contributed by atoms with van der Waals surface area (Å²) in [6, 6.07) is 21.0. The fourth-order valence-corrected chi connectivity index (χ4v) is 4.80. The van der Waals surface area contributed by atoms with Gasteiger partial charge in [0.1, 0.15) is 0 Å². The van der Waals surface area contributed by atoms with Crippen LogP contribution in [0.4, 0.5) is 0 Å². The van der Waals surface area contributed by atoms with E-state index in [9.17, 15) is 0 Å².